The van der Waals surface area contributed by atoms with Crippen molar-refractivity contribution >= 4 is 25.3 Å². The van der Waals surface area contributed by atoms with Gasteiger partial charge >= 0.3 is 19.1 Å². The Hall–Kier alpha value is -2.35. The van der Waals surface area contributed by atoms with E-state index in [0.29, 0.717) is 17.6 Å². The molecule has 0 aromatic heterocycles. The molecular weight excluding hydrogens is 289 g/mol. The van der Waals surface area contributed by atoms with Gasteiger partial charge in [-0.3, -0.25) is 14.5 Å². The van der Waals surface area contributed by atoms with E-state index in [1.165, 1.54) is 12.0 Å². The van der Waals surface area contributed by atoms with Crippen molar-refractivity contribution in [3.05, 3.63) is 29.8 Å². The van der Waals surface area contributed by atoms with Crippen molar-refractivity contribution in [1.29, 1.82) is 0 Å². The van der Waals surface area contributed by atoms with E-state index in [1.54, 1.807) is 31.3 Å². The van der Waals surface area contributed by atoms with Crippen molar-refractivity contribution in [2.75, 3.05) is 27.2 Å². The molecule has 0 radical (unpaired) electrons. The number of ether oxygens (including phenoxy) is 1. The number of benzene rings is 1. The zero-order valence-corrected chi connectivity index (χ0v) is 12.4. The molecule has 1 aromatic rings. The van der Waals surface area contributed by atoms with Gasteiger partial charge in [0.05, 0.1) is 20.2 Å². The maximum absolute atomic E-state index is 11.7. The van der Waals surface area contributed by atoms with E-state index < -0.39 is 24.9 Å². The molecule has 8 heteroatoms. The van der Waals surface area contributed by atoms with Crippen molar-refractivity contribution in [2.45, 2.75) is 5.82 Å². The summed E-state index contributed by atoms with van der Waals surface area (Å²) in [5, 5.41) is 0. The van der Waals surface area contributed by atoms with E-state index in [-0.39, 0.29) is 13.1 Å². The Morgan fingerprint density at radius 1 is 1.18 bits per heavy atom. The van der Waals surface area contributed by atoms with Crippen LogP contribution in [0.1, 0.15) is 11.4 Å². The first-order valence-electron chi connectivity index (χ1n) is 6.70. The molecule has 0 spiro atoms. The Labute approximate surface area is 128 Å². The van der Waals surface area contributed by atoms with Gasteiger partial charge in [-0.05, 0) is 24.7 Å². The minimum Gasteiger partial charge on any atom is -0.498 e. The monoisotopic (exact) mass is 305 g/mol. The molecule has 1 aliphatic rings. The van der Waals surface area contributed by atoms with Gasteiger partial charge in [-0.25, -0.2) is 0 Å². The van der Waals surface area contributed by atoms with E-state index in [4.69, 9.17) is 14.0 Å². The summed E-state index contributed by atoms with van der Waals surface area (Å²) in [6.07, 6.45) is 0.596. The SMILES string of the molecule is COc1ccc(C(C=O)B2OC(=O)CN(C)CC(=O)O2)cc1. The molecule has 1 saturated heterocycles. The van der Waals surface area contributed by atoms with E-state index in [1.807, 2.05) is 0 Å². The number of methoxy groups -OCH3 is 1. The van der Waals surface area contributed by atoms with Gasteiger partial charge in [-0.1, -0.05) is 12.1 Å². The summed E-state index contributed by atoms with van der Waals surface area (Å²) in [6, 6.07) is 6.66. The number of hydrogen-bond donors (Lipinski definition) is 0. The summed E-state index contributed by atoms with van der Waals surface area (Å²) in [4.78, 5) is 36.3. The Kier molecular flexibility index (Phi) is 5.16. The van der Waals surface area contributed by atoms with E-state index in [9.17, 15) is 14.4 Å². The minimum absolute atomic E-state index is 0.0419. The minimum atomic E-state index is -1.26. The van der Waals surface area contributed by atoms with Crippen molar-refractivity contribution in [3.8, 4) is 5.75 Å². The van der Waals surface area contributed by atoms with Crippen molar-refractivity contribution in [1.82, 2.24) is 4.90 Å². The fourth-order valence-electron chi connectivity index (χ4n) is 2.13. The molecule has 1 fully saturated rings. The Balaban J connectivity index is 2.21. The highest BCUT2D eigenvalue weighted by molar-refractivity contribution is 6.54. The quantitative estimate of drug-likeness (QED) is 0.573. The van der Waals surface area contributed by atoms with E-state index >= 15 is 0 Å². The topological polar surface area (TPSA) is 82.1 Å². The van der Waals surface area contributed by atoms with Gasteiger partial charge in [0, 0.05) is 0 Å². The summed E-state index contributed by atoms with van der Waals surface area (Å²) < 4.78 is 15.3. The van der Waals surface area contributed by atoms with Gasteiger partial charge < -0.3 is 18.8 Å². The smallest absolute Gasteiger partial charge is 0.498 e. The van der Waals surface area contributed by atoms with Crippen LogP contribution >= 0.6 is 0 Å². The van der Waals surface area contributed by atoms with Gasteiger partial charge in [-0.15, -0.1) is 0 Å². The maximum Gasteiger partial charge on any atom is 0.614 e. The van der Waals surface area contributed by atoms with Gasteiger partial charge in [-0.2, -0.15) is 0 Å². The molecule has 22 heavy (non-hydrogen) atoms. The van der Waals surface area contributed by atoms with E-state index in [2.05, 4.69) is 0 Å². The number of rotatable bonds is 4. The molecule has 2 rings (SSSR count). The number of likely N-dealkylation sites (N-methyl/N-ethyl adjacent to an activating group) is 1. The summed E-state index contributed by atoms with van der Waals surface area (Å²) in [7, 11) is 1.87. The van der Waals surface area contributed by atoms with Gasteiger partial charge in [0.25, 0.3) is 0 Å². The molecule has 1 unspecified atom stereocenters. The lowest BCUT2D eigenvalue weighted by Gasteiger charge is -2.25. The molecule has 1 aromatic carbocycles. The average Bonchev–Trinajstić information content (AvgIpc) is 2.46. The molecule has 116 valence electrons. The van der Waals surface area contributed by atoms with Crippen LogP contribution in [0.2, 0.25) is 0 Å². The molecule has 0 amide bonds. The molecular formula is C14H16BNO6. The van der Waals surface area contributed by atoms with Crippen LogP contribution in [0, 0.1) is 0 Å². The fourth-order valence-corrected chi connectivity index (χ4v) is 2.13. The second kappa shape index (κ2) is 7.08. The van der Waals surface area contributed by atoms with Crippen LogP contribution in [-0.2, 0) is 23.7 Å². The molecule has 1 aliphatic heterocycles. The standard InChI is InChI=1S/C14H16BNO6/c1-16-7-13(18)21-15(22-14(19)8-16)12(9-17)10-3-5-11(20-2)6-4-10/h3-6,9,12H,7-8H2,1-2H3. The summed E-state index contributed by atoms with van der Waals surface area (Å²) >= 11 is 0. The first kappa shape index (κ1) is 16.0. The van der Waals surface area contributed by atoms with E-state index in [0.717, 1.165) is 0 Å². The summed E-state index contributed by atoms with van der Waals surface area (Å²) in [5.74, 6) is -1.37. The Morgan fingerprint density at radius 2 is 1.73 bits per heavy atom. The van der Waals surface area contributed by atoms with Crippen LogP contribution in [-0.4, -0.2) is 57.5 Å². The number of carbonyl (C=O) groups excluding carboxylic acids is 3. The lowest BCUT2D eigenvalue weighted by Crippen LogP contribution is -2.45. The summed E-state index contributed by atoms with van der Waals surface area (Å²) in [6.45, 7) is -0.0838. The molecule has 0 bridgehead atoms. The number of aldehydes is 1. The second-order valence-electron chi connectivity index (χ2n) is 4.96. The third kappa shape index (κ3) is 3.85. The largest absolute Gasteiger partial charge is 0.614 e. The number of nitrogens with zero attached hydrogens (tertiary/aromatic N) is 1. The van der Waals surface area contributed by atoms with Gasteiger partial charge in [0.2, 0.25) is 0 Å². The molecule has 0 saturated carbocycles. The lowest BCUT2D eigenvalue weighted by atomic mass is 9.68. The Bertz CT molecular complexity index is 541. The van der Waals surface area contributed by atoms with Crippen LogP contribution in [0.5, 0.6) is 5.75 Å². The second-order valence-corrected chi connectivity index (χ2v) is 4.96. The predicted molar refractivity (Wildman–Crippen MR) is 77.2 cm³/mol. The zero-order chi connectivity index (χ0) is 16.1. The van der Waals surface area contributed by atoms with Gasteiger partial charge in [0.1, 0.15) is 17.9 Å². The highest BCUT2D eigenvalue weighted by Crippen LogP contribution is 2.22. The van der Waals surface area contributed by atoms with Crippen LogP contribution in [0.4, 0.5) is 0 Å². The van der Waals surface area contributed by atoms with Crippen LogP contribution in [0.25, 0.3) is 0 Å². The normalized spacial score (nSPS) is 17.8. The molecule has 1 atom stereocenters. The van der Waals surface area contributed by atoms with Crippen LogP contribution in [0.3, 0.4) is 0 Å². The Morgan fingerprint density at radius 3 is 2.18 bits per heavy atom. The highest BCUT2D eigenvalue weighted by atomic mass is 16.6. The maximum atomic E-state index is 11.7. The third-order valence-electron chi connectivity index (χ3n) is 3.23. The lowest BCUT2D eigenvalue weighted by molar-refractivity contribution is -0.145. The first-order valence-corrected chi connectivity index (χ1v) is 6.70. The number of carbonyl (C=O) groups is 3. The first-order chi connectivity index (χ1) is 10.5. The average molecular weight is 305 g/mol. The van der Waals surface area contributed by atoms with Gasteiger partial charge in [0.15, 0.2) is 0 Å². The van der Waals surface area contributed by atoms with Crippen molar-refractivity contribution < 1.29 is 28.4 Å². The van der Waals surface area contributed by atoms with Crippen LogP contribution in [0.15, 0.2) is 24.3 Å². The molecule has 0 N–H and O–H groups in total. The molecule has 0 aliphatic carbocycles. The highest BCUT2D eigenvalue weighted by Gasteiger charge is 2.40. The van der Waals surface area contributed by atoms with Crippen molar-refractivity contribution in [2.24, 2.45) is 0 Å². The molecule has 7 nitrogen and oxygen atoms in total. The molecule has 1 heterocycles. The van der Waals surface area contributed by atoms with Crippen LogP contribution < -0.4 is 4.74 Å². The third-order valence-corrected chi connectivity index (χ3v) is 3.23. The predicted octanol–water partition coefficient (Wildman–Crippen LogP) is 0.0369. The summed E-state index contributed by atoms with van der Waals surface area (Å²) in [5.41, 5.74) is 0.565. The van der Waals surface area contributed by atoms with Crippen molar-refractivity contribution in [3.63, 3.8) is 0 Å². The fraction of sp³-hybridized carbons (Fsp3) is 0.357. The zero-order valence-electron chi connectivity index (χ0n) is 12.4. The number of hydrogen-bond acceptors (Lipinski definition) is 7.